The number of halogens is 3. The van der Waals surface area contributed by atoms with Crippen LogP contribution < -0.4 is 5.73 Å². The molecule has 106 valence electrons. The molecule has 1 aromatic rings. The lowest BCUT2D eigenvalue weighted by Gasteiger charge is -2.30. The maximum absolute atomic E-state index is 12.5. The molecule has 0 radical (unpaired) electrons. The maximum Gasteiger partial charge on any atom is 0.244 e. The normalized spacial score (nSPS) is 21.6. The van der Waals surface area contributed by atoms with Crippen LogP contribution in [0.25, 0.3) is 0 Å². The second kappa shape index (κ2) is 5.87. The molecule has 0 spiro atoms. The van der Waals surface area contributed by atoms with E-state index in [9.17, 15) is 8.42 Å². The molecular formula is C11H13BrCl2N2O2S. The van der Waals surface area contributed by atoms with Gasteiger partial charge in [-0.1, -0.05) is 23.2 Å². The van der Waals surface area contributed by atoms with Crippen LogP contribution in [0, 0.1) is 0 Å². The molecule has 1 heterocycles. The van der Waals surface area contributed by atoms with Crippen LogP contribution in [0.2, 0.25) is 10.0 Å². The summed E-state index contributed by atoms with van der Waals surface area (Å²) in [6, 6.07) is 2.72. The first kappa shape index (κ1) is 15.5. The molecule has 0 saturated carbocycles. The van der Waals surface area contributed by atoms with Crippen LogP contribution in [-0.2, 0) is 10.0 Å². The average molecular weight is 388 g/mol. The SMILES string of the molecule is NC1CCCN(S(=O)(=O)c2cc(Br)c(Cl)cc2Cl)C1. The summed E-state index contributed by atoms with van der Waals surface area (Å²) in [5.41, 5.74) is 5.82. The minimum atomic E-state index is -3.63. The summed E-state index contributed by atoms with van der Waals surface area (Å²) >= 11 is 15.1. The zero-order chi connectivity index (χ0) is 14.2. The van der Waals surface area contributed by atoms with Crippen molar-refractivity contribution in [3.63, 3.8) is 0 Å². The highest BCUT2D eigenvalue weighted by Gasteiger charge is 2.30. The Morgan fingerprint density at radius 2 is 2.00 bits per heavy atom. The van der Waals surface area contributed by atoms with Gasteiger partial charge in [0.1, 0.15) is 4.90 Å². The number of nitrogens with zero attached hydrogens (tertiary/aromatic N) is 1. The Bertz CT molecular complexity index is 595. The van der Waals surface area contributed by atoms with Crippen molar-refractivity contribution < 1.29 is 8.42 Å². The zero-order valence-corrected chi connectivity index (χ0v) is 13.9. The summed E-state index contributed by atoms with van der Waals surface area (Å²) in [5.74, 6) is 0. The van der Waals surface area contributed by atoms with E-state index in [1.807, 2.05) is 0 Å². The van der Waals surface area contributed by atoms with Gasteiger partial charge in [0.15, 0.2) is 0 Å². The van der Waals surface area contributed by atoms with Crippen molar-refractivity contribution in [2.24, 2.45) is 5.73 Å². The fraction of sp³-hybridized carbons (Fsp3) is 0.455. The van der Waals surface area contributed by atoms with Crippen molar-refractivity contribution in [1.29, 1.82) is 0 Å². The van der Waals surface area contributed by atoms with Crippen LogP contribution in [0.1, 0.15) is 12.8 Å². The van der Waals surface area contributed by atoms with Gasteiger partial charge in [-0.2, -0.15) is 4.31 Å². The lowest BCUT2D eigenvalue weighted by atomic mass is 10.1. The Labute approximate surface area is 131 Å². The van der Waals surface area contributed by atoms with Gasteiger partial charge < -0.3 is 5.73 Å². The molecule has 1 fully saturated rings. The quantitative estimate of drug-likeness (QED) is 0.793. The van der Waals surface area contributed by atoms with Gasteiger partial charge >= 0.3 is 0 Å². The van der Waals surface area contributed by atoms with Crippen molar-refractivity contribution in [1.82, 2.24) is 4.31 Å². The van der Waals surface area contributed by atoms with Gasteiger partial charge in [0.25, 0.3) is 0 Å². The Kier molecular flexibility index (Phi) is 4.80. The second-order valence-electron chi connectivity index (χ2n) is 4.46. The minimum Gasteiger partial charge on any atom is -0.327 e. The number of sulfonamides is 1. The van der Waals surface area contributed by atoms with E-state index in [1.54, 1.807) is 0 Å². The van der Waals surface area contributed by atoms with Crippen LogP contribution in [0.5, 0.6) is 0 Å². The summed E-state index contributed by atoms with van der Waals surface area (Å²) in [5, 5.41) is 0.492. The third-order valence-electron chi connectivity index (χ3n) is 3.01. The minimum absolute atomic E-state index is 0.0551. The third kappa shape index (κ3) is 3.25. The monoisotopic (exact) mass is 386 g/mol. The lowest BCUT2D eigenvalue weighted by molar-refractivity contribution is 0.316. The van der Waals surface area contributed by atoms with Crippen LogP contribution in [0.15, 0.2) is 21.5 Å². The molecule has 1 aliphatic rings. The van der Waals surface area contributed by atoms with Crippen molar-refractivity contribution >= 4 is 49.2 Å². The van der Waals surface area contributed by atoms with E-state index in [4.69, 9.17) is 28.9 Å². The number of nitrogens with two attached hydrogens (primary N) is 1. The predicted octanol–water partition coefficient (Wildman–Crippen LogP) is 2.87. The number of rotatable bonds is 2. The number of benzene rings is 1. The molecule has 1 saturated heterocycles. The molecule has 0 aliphatic carbocycles. The Morgan fingerprint density at radius 1 is 1.32 bits per heavy atom. The van der Waals surface area contributed by atoms with E-state index in [2.05, 4.69) is 15.9 Å². The van der Waals surface area contributed by atoms with Crippen LogP contribution in [0.4, 0.5) is 0 Å². The summed E-state index contributed by atoms with van der Waals surface area (Å²) in [7, 11) is -3.63. The fourth-order valence-electron chi connectivity index (χ4n) is 2.03. The van der Waals surface area contributed by atoms with Crippen molar-refractivity contribution in [3.8, 4) is 0 Å². The smallest absolute Gasteiger partial charge is 0.244 e. The zero-order valence-electron chi connectivity index (χ0n) is 9.94. The van der Waals surface area contributed by atoms with E-state index in [0.717, 1.165) is 12.8 Å². The Balaban J connectivity index is 2.42. The largest absolute Gasteiger partial charge is 0.327 e. The molecule has 1 aromatic carbocycles. The standard InChI is InChI=1S/C11H13BrCl2N2O2S/c12-8-4-11(10(14)5-9(8)13)19(17,18)16-3-1-2-7(15)6-16/h4-5,7H,1-3,6,15H2. The predicted molar refractivity (Wildman–Crippen MR) is 80.1 cm³/mol. The molecule has 2 N–H and O–H groups in total. The average Bonchev–Trinajstić information content (AvgIpc) is 2.33. The maximum atomic E-state index is 12.5. The molecule has 0 amide bonds. The Hall–Kier alpha value is 0.150. The summed E-state index contributed by atoms with van der Waals surface area (Å²) in [6.45, 7) is 0.783. The van der Waals surface area contributed by atoms with Crippen LogP contribution in [0.3, 0.4) is 0 Å². The Morgan fingerprint density at radius 3 is 2.63 bits per heavy atom. The fourth-order valence-corrected chi connectivity index (χ4v) is 4.81. The highest BCUT2D eigenvalue weighted by Crippen LogP contribution is 2.33. The topological polar surface area (TPSA) is 63.4 Å². The van der Waals surface area contributed by atoms with Crippen molar-refractivity contribution in [2.75, 3.05) is 13.1 Å². The molecule has 8 heteroatoms. The molecule has 1 aliphatic heterocycles. The van der Waals surface area contributed by atoms with E-state index >= 15 is 0 Å². The molecule has 2 rings (SSSR count). The van der Waals surface area contributed by atoms with Crippen LogP contribution in [-0.4, -0.2) is 31.9 Å². The van der Waals surface area contributed by atoms with E-state index in [0.29, 0.717) is 22.6 Å². The number of hydrogen-bond donors (Lipinski definition) is 1. The first-order valence-corrected chi connectivity index (χ1v) is 8.71. The van der Waals surface area contributed by atoms with Gasteiger partial charge in [-0.25, -0.2) is 8.42 Å². The molecular weight excluding hydrogens is 375 g/mol. The van der Waals surface area contributed by atoms with Gasteiger partial charge in [0.2, 0.25) is 10.0 Å². The van der Waals surface area contributed by atoms with Gasteiger partial charge in [0.05, 0.1) is 10.0 Å². The first-order chi connectivity index (χ1) is 8.82. The highest BCUT2D eigenvalue weighted by atomic mass is 79.9. The summed E-state index contributed by atoms with van der Waals surface area (Å²) < 4.78 is 27.0. The van der Waals surface area contributed by atoms with Crippen LogP contribution >= 0.6 is 39.1 Å². The highest BCUT2D eigenvalue weighted by molar-refractivity contribution is 9.10. The van der Waals surface area contributed by atoms with E-state index < -0.39 is 10.0 Å². The van der Waals surface area contributed by atoms with Gasteiger partial charge in [0, 0.05) is 23.6 Å². The lowest BCUT2D eigenvalue weighted by Crippen LogP contribution is -2.45. The number of hydrogen-bond acceptors (Lipinski definition) is 3. The van der Waals surface area contributed by atoms with Gasteiger partial charge in [-0.05, 0) is 40.9 Å². The molecule has 1 unspecified atom stereocenters. The molecule has 0 aromatic heterocycles. The molecule has 4 nitrogen and oxygen atoms in total. The summed E-state index contributed by atoms with van der Waals surface area (Å²) in [6.07, 6.45) is 1.59. The van der Waals surface area contributed by atoms with Crippen molar-refractivity contribution in [3.05, 3.63) is 26.7 Å². The molecule has 1 atom stereocenters. The summed E-state index contributed by atoms with van der Waals surface area (Å²) in [4.78, 5) is 0.0551. The van der Waals surface area contributed by atoms with Gasteiger partial charge in [-0.15, -0.1) is 0 Å². The number of piperidine rings is 1. The molecule has 0 bridgehead atoms. The van der Waals surface area contributed by atoms with E-state index in [1.165, 1.54) is 16.4 Å². The first-order valence-electron chi connectivity index (χ1n) is 5.72. The van der Waals surface area contributed by atoms with Crippen molar-refractivity contribution in [2.45, 2.75) is 23.8 Å². The molecule has 19 heavy (non-hydrogen) atoms. The third-order valence-corrected chi connectivity index (χ3v) is 6.54. The van der Waals surface area contributed by atoms with E-state index in [-0.39, 0.29) is 16.0 Å². The van der Waals surface area contributed by atoms with Gasteiger partial charge in [-0.3, -0.25) is 0 Å². The second-order valence-corrected chi connectivity index (χ2v) is 8.04.